The van der Waals surface area contributed by atoms with Crippen LogP contribution in [0.4, 0.5) is 0 Å². The van der Waals surface area contributed by atoms with Crippen LogP contribution in [0.25, 0.3) is 0 Å². The third-order valence-electron chi connectivity index (χ3n) is 5.81. The number of unbranched alkanes of at least 4 members (excludes halogenated alkanes) is 8. The van der Waals surface area contributed by atoms with Crippen molar-refractivity contribution in [3.05, 3.63) is 24.3 Å². The smallest absolute Gasteiger partial charge is 0.388 e. The Labute approximate surface area is 191 Å². The van der Waals surface area contributed by atoms with E-state index >= 15 is 0 Å². The Balaban J connectivity index is 3.97. The SMILES string of the molecule is CCCCC/C=C\C/C=C\CCCCCCCC(=O)NC(CCC)(C(=O)O)[N+](C)(C)C. The number of carboxylic acids is 1. The van der Waals surface area contributed by atoms with Gasteiger partial charge < -0.3 is 5.11 Å². The maximum Gasteiger partial charge on any atom is 0.388 e. The van der Waals surface area contributed by atoms with Crippen LogP contribution in [0.3, 0.4) is 0 Å². The highest BCUT2D eigenvalue weighted by atomic mass is 16.4. The molecule has 0 spiro atoms. The number of allylic oxidation sites excluding steroid dienone is 4. The molecule has 1 amide bonds. The molecule has 2 N–H and O–H groups in total. The summed E-state index contributed by atoms with van der Waals surface area (Å²) in [5, 5.41) is 12.6. The summed E-state index contributed by atoms with van der Waals surface area (Å²) in [5.41, 5.74) is -1.26. The summed E-state index contributed by atoms with van der Waals surface area (Å²) in [4.78, 5) is 24.4. The van der Waals surface area contributed by atoms with Gasteiger partial charge in [0.25, 0.3) is 5.66 Å². The van der Waals surface area contributed by atoms with Crippen LogP contribution < -0.4 is 5.32 Å². The first-order valence-corrected chi connectivity index (χ1v) is 12.4. The van der Waals surface area contributed by atoms with Crippen molar-refractivity contribution in [2.24, 2.45) is 0 Å². The average molecular weight is 438 g/mol. The predicted molar refractivity (Wildman–Crippen MR) is 131 cm³/mol. The lowest BCUT2D eigenvalue weighted by Crippen LogP contribution is -2.71. The van der Waals surface area contributed by atoms with E-state index in [1.54, 1.807) is 0 Å². The predicted octanol–water partition coefficient (Wildman–Crippen LogP) is 6.20. The van der Waals surface area contributed by atoms with Crippen LogP contribution in [0.2, 0.25) is 0 Å². The highest BCUT2D eigenvalue weighted by molar-refractivity contribution is 5.85. The van der Waals surface area contributed by atoms with Gasteiger partial charge in [0, 0.05) is 12.8 Å². The van der Waals surface area contributed by atoms with E-state index in [-0.39, 0.29) is 10.4 Å². The Bertz CT molecular complexity index is 549. The number of rotatable bonds is 19. The fourth-order valence-electron chi connectivity index (χ4n) is 3.76. The van der Waals surface area contributed by atoms with Crippen LogP contribution in [-0.2, 0) is 9.59 Å². The number of hydrogen-bond donors (Lipinski definition) is 2. The number of aliphatic carboxylic acids is 1. The first-order valence-electron chi connectivity index (χ1n) is 12.4. The summed E-state index contributed by atoms with van der Waals surface area (Å²) >= 11 is 0. The van der Waals surface area contributed by atoms with E-state index in [4.69, 9.17) is 0 Å². The molecule has 1 atom stereocenters. The summed E-state index contributed by atoms with van der Waals surface area (Å²) in [6.45, 7) is 4.18. The standard InChI is InChI=1S/C26H48N2O3/c1-6-8-9-10-11-12-13-14-15-16-17-18-19-20-21-22-24(29)27-26(23-7-2,25(30)31)28(3,4)5/h11-12,14-15H,6-10,13,16-23H2,1-5H3,(H-,27,29,30,31)/p+1/b12-11-,15-14-. The fourth-order valence-corrected chi connectivity index (χ4v) is 3.76. The maximum atomic E-state index is 12.4. The number of carboxylic acid groups (broad SMARTS) is 1. The molecule has 0 aromatic heterocycles. The van der Waals surface area contributed by atoms with Gasteiger partial charge in [-0.2, -0.15) is 0 Å². The van der Waals surface area contributed by atoms with Crippen LogP contribution in [0.15, 0.2) is 24.3 Å². The second kappa shape index (κ2) is 17.0. The number of likely N-dealkylation sites (N-methyl/N-ethyl adjacent to an activating group) is 1. The van der Waals surface area contributed by atoms with Crippen molar-refractivity contribution in [2.75, 3.05) is 21.1 Å². The Morgan fingerprint density at radius 2 is 1.35 bits per heavy atom. The van der Waals surface area contributed by atoms with Crippen molar-refractivity contribution >= 4 is 11.9 Å². The summed E-state index contributed by atoms with van der Waals surface area (Å²) in [7, 11) is 5.47. The molecule has 0 aromatic carbocycles. The minimum absolute atomic E-state index is 0.158. The average Bonchev–Trinajstić information content (AvgIpc) is 2.69. The molecule has 0 aliphatic carbocycles. The molecule has 0 aliphatic rings. The largest absolute Gasteiger partial charge is 0.475 e. The molecule has 5 heteroatoms. The van der Waals surface area contributed by atoms with E-state index in [1.165, 1.54) is 38.5 Å². The zero-order valence-electron chi connectivity index (χ0n) is 20.9. The third-order valence-corrected chi connectivity index (χ3v) is 5.81. The van der Waals surface area contributed by atoms with Crippen molar-refractivity contribution < 1.29 is 19.2 Å². The summed E-state index contributed by atoms with van der Waals surface area (Å²) < 4.78 is 0.171. The lowest BCUT2D eigenvalue weighted by Gasteiger charge is -2.43. The molecule has 0 saturated carbocycles. The molecule has 0 aromatic rings. The van der Waals surface area contributed by atoms with Crippen molar-refractivity contribution in [1.29, 1.82) is 0 Å². The number of quaternary nitrogens is 1. The molecule has 0 radical (unpaired) electrons. The normalized spacial score (nSPS) is 14.2. The number of nitrogens with one attached hydrogen (secondary N) is 1. The zero-order chi connectivity index (χ0) is 23.6. The Morgan fingerprint density at radius 1 is 0.806 bits per heavy atom. The molecule has 5 nitrogen and oxygen atoms in total. The van der Waals surface area contributed by atoms with Crippen LogP contribution >= 0.6 is 0 Å². The van der Waals surface area contributed by atoms with E-state index in [9.17, 15) is 14.7 Å². The molecule has 0 aliphatic heterocycles. The molecule has 0 fully saturated rings. The van der Waals surface area contributed by atoms with Gasteiger partial charge in [0.1, 0.15) is 0 Å². The Kier molecular flexibility index (Phi) is 16.1. The van der Waals surface area contributed by atoms with Crippen LogP contribution in [0.5, 0.6) is 0 Å². The second-order valence-electron chi connectivity index (χ2n) is 9.46. The summed E-state index contributed by atoms with van der Waals surface area (Å²) in [6, 6.07) is 0. The maximum absolute atomic E-state index is 12.4. The third kappa shape index (κ3) is 12.7. The van der Waals surface area contributed by atoms with Gasteiger partial charge in [-0.25, -0.2) is 4.79 Å². The quantitative estimate of drug-likeness (QED) is 0.109. The topological polar surface area (TPSA) is 66.4 Å². The number of nitrogens with zero attached hydrogens (tertiary/aromatic N) is 1. The molecule has 0 rings (SSSR count). The van der Waals surface area contributed by atoms with E-state index in [0.29, 0.717) is 19.3 Å². The molecule has 180 valence electrons. The molecule has 0 bridgehead atoms. The van der Waals surface area contributed by atoms with Gasteiger partial charge in [0.05, 0.1) is 21.1 Å². The highest BCUT2D eigenvalue weighted by Gasteiger charge is 2.51. The summed E-state index contributed by atoms with van der Waals surface area (Å²) in [5.74, 6) is -1.12. The summed E-state index contributed by atoms with van der Waals surface area (Å²) in [6.07, 6.45) is 23.1. The Hall–Kier alpha value is -1.62. The van der Waals surface area contributed by atoms with Crippen molar-refractivity contribution in [2.45, 2.75) is 109 Å². The molecule has 1 unspecified atom stereocenters. The Morgan fingerprint density at radius 3 is 1.87 bits per heavy atom. The fraction of sp³-hybridized carbons (Fsp3) is 0.769. The van der Waals surface area contributed by atoms with Crippen molar-refractivity contribution in [3.8, 4) is 0 Å². The number of carbonyl (C=O) groups is 2. The van der Waals surface area contributed by atoms with Gasteiger partial charge in [-0.3, -0.25) is 14.6 Å². The highest BCUT2D eigenvalue weighted by Crippen LogP contribution is 2.23. The van der Waals surface area contributed by atoms with Gasteiger partial charge in [-0.1, -0.05) is 70.3 Å². The van der Waals surface area contributed by atoms with Gasteiger partial charge >= 0.3 is 5.97 Å². The van der Waals surface area contributed by atoms with Gasteiger partial charge in [0.15, 0.2) is 0 Å². The van der Waals surface area contributed by atoms with E-state index in [1.807, 2.05) is 28.1 Å². The van der Waals surface area contributed by atoms with E-state index in [2.05, 4.69) is 36.5 Å². The molecular formula is C26H49N2O3+. The van der Waals surface area contributed by atoms with Crippen LogP contribution in [-0.4, -0.2) is 48.3 Å². The zero-order valence-corrected chi connectivity index (χ0v) is 20.9. The molecule has 0 saturated heterocycles. The van der Waals surface area contributed by atoms with Gasteiger partial charge in [0.2, 0.25) is 5.91 Å². The molecule has 0 heterocycles. The second-order valence-corrected chi connectivity index (χ2v) is 9.46. The van der Waals surface area contributed by atoms with Crippen molar-refractivity contribution in [1.82, 2.24) is 5.32 Å². The number of hydrogen-bond acceptors (Lipinski definition) is 2. The first-order chi connectivity index (χ1) is 14.7. The number of amides is 1. The first kappa shape index (κ1) is 29.4. The number of carbonyl (C=O) groups excluding carboxylic acids is 1. The van der Waals surface area contributed by atoms with Gasteiger partial charge in [-0.05, 0) is 44.9 Å². The molecular weight excluding hydrogens is 388 g/mol. The van der Waals surface area contributed by atoms with E-state index < -0.39 is 11.6 Å². The minimum atomic E-state index is -1.26. The lowest BCUT2D eigenvalue weighted by molar-refractivity contribution is -0.917. The monoisotopic (exact) mass is 437 g/mol. The lowest BCUT2D eigenvalue weighted by atomic mass is 9.99. The molecule has 31 heavy (non-hydrogen) atoms. The van der Waals surface area contributed by atoms with Crippen LogP contribution in [0, 0.1) is 0 Å². The van der Waals surface area contributed by atoms with Crippen molar-refractivity contribution in [3.63, 3.8) is 0 Å². The minimum Gasteiger partial charge on any atom is -0.475 e. The van der Waals surface area contributed by atoms with E-state index in [0.717, 1.165) is 32.1 Å². The van der Waals surface area contributed by atoms with Gasteiger partial charge in [-0.15, -0.1) is 0 Å². The van der Waals surface area contributed by atoms with Crippen LogP contribution in [0.1, 0.15) is 104 Å².